The van der Waals surface area contributed by atoms with Gasteiger partial charge in [-0.3, -0.25) is 0 Å². The standard InChI is InChI=1S/C28H60O2SSi/c1-3-5-7-9-11-13-15-17-19-21-24-29-28(32-27-23-26-31)30-25-22-20-18-16-14-12-10-8-6-4-2/h28,31H,3-27,32H2,1-2H3. The predicted octanol–water partition coefficient (Wildman–Crippen LogP) is 9.05. The predicted molar refractivity (Wildman–Crippen MR) is 151 cm³/mol. The van der Waals surface area contributed by atoms with Gasteiger partial charge in [0.15, 0.2) is 0 Å². The fourth-order valence-electron chi connectivity index (χ4n) is 4.25. The first-order valence-corrected chi connectivity index (χ1v) is 17.1. The highest BCUT2D eigenvalue weighted by Crippen LogP contribution is 2.12. The summed E-state index contributed by atoms with van der Waals surface area (Å²) in [5, 5.41) is 0. The van der Waals surface area contributed by atoms with E-state index in [4.69, 9.17) is 9.47 Å². The molecule has 0 fully saturated rings. The summed E-state index contributed by atoms with van der Waals surface area (Å²) in [6, 6.07) is 1.30. The Morgan fingerprint density at radius 2 is 0.844 bits per heavy atom. The Hall–Kier alpha value is 0.487. The average Bonchev–Trinajstić information content (AvgIpc) is 2.80. The normalized spacial score (nSPS) is 12.0. The van der Waals surface area contributed by atoms with Gasteiger partial charge in [0.05, 0.1) is 9.52 Å². The van der Waals surface area contributed by atoms with Crippen LogP contribution in [0.25, 0.3) is 0 Å². The van der Waals surface area contributed by atoms with Gasteiger partial charge in [-0.25, -0.2) is 0 Å². The van der Waals surface area contributed by atoms with Crippen molar-refractivity contribution in [1.82, 2.24) is 0 Å². The minimum absolute atomic E-state index is 0.145. The van der Waals surface area contributed by atoms with E-state index in [1.54, 1.807) is 0 Å². The van der Waals surface area contributed by atoms with Crippen molar-refractivity contribution in [2.24, 2.45) is 0 Å². The van der Waals surface area contributed by atoms with Crippen LogP contribution in [-0.4, -0.2) is 34.4 Å². The molecule has 0 amide bonds. The fourth-order valence-corrected chi connectivity index (χ4v) is 6.43. The van der Waals surface area contributed by atoms with E-state index in [9.17, 15) is 0 Å². The van der Waals surface area contributed by atoms with Crippen LogP contribution in [0.5, 0.6) is 0 Å². The van der Waals surface area contributed by atoms with Crippen molar-refractivity contribution >= 4 is 22.1 Å². The molecule has 0 aromatic carbocycles. The third kappa shape index (κ3) is 26.7. The summed E-state index contributed by atoms with van der Waals surface area (Å²) in [6.45, 7) is 6.37. The van der Waals surface area contributed by atoms with Gasteiger partial charge in [-0.2, -0.15) is 12.6 Å². The van der Waals surface area contributed by atoms with Crippen molar-refractivity contribution in [3.05, 3.63) is 0 Å². The highest BCUT2D eigenvalue weighted by atomic mass is 32.1. The van der Waals surface area contributed by atoms with E-state index in [1.807, 2.05) is 0 Å². The average molecular weight is 489 g/mol. The maximum absolute atomic E-state index is 6.17. The van der Waals surface area contributed by atoms with Crippen molar-refractivity contribution in [2.75, 3.05) is 19.0 Å². The molecule has 0 N–H and O–H groups in total. The van der Waals surface area contributed by atoms with E-state index in [1.165, 1.54) is 141 Å². The van der Waals surface area contributed by atoms with Crippen LogP contribution >= 0.6 is 12.6 Å². The summed E-state index contributed by atoms with van der Waals surface area (Å²) in [7, 11) is -0.295. The maximum Gasteiger partial charge on any atom is 0.134 e. The van der Waals surface area contributed by atoms with Gasteiger partial charge in [-0.1, -0.05) is 135 Å². The van der Waals surface area contributed by atoms with Crippen molar-refractivity contribution in [2.45, 2.75) is 161 Å². The first-order valence-electron chi connectivity index (χ1n) is 14.7. The lowest BCUT2D eigenvalue weighted by molar-refractivity contribution is -0.0925. The Kier molecular flexibility index (Phi) is 30.0. The SMILES string of the molecule is CCCCCCCCCCCCOC(OCCCCCCCCCCCC)[SiH2]CCCS. The zero-order valence-corrected chi connectivity index (χ0v) is 24.5. The van der Waals surface area contributed by atoms with Gasteiger partial charge in [-0.05, 0) is 25.0 Å². The maximum atomic E-state index is 6.17. The molecule has 0 saturated heterocycles. The summed E-state index contributed by atoms with van der Waals surface area (Å²) in [5.41, 5.74) is 0. The molecule has 194 valence electrons. The lowest BCUT2D eigenvalue weighted by Gasteiger charge is -2.18. The summed E-state index contributed by atoms with van der Waals surface area (Å²) >= 11 is 4.36. The molecule has 0 rings (SSSR count). The third-order valence-electron chi connectivity index (χ3n) is 6.45. The quantitative estimate of drug-likeness (QED) is 0.0512. The van der Waals surface area contributed by atoms with Crippen LogP contribution in [0.4, 0.5) is 0 Å². The number of hydrogen-bond donors (Lipinski definition) is 1. The highest BCUT2D eigenvalue weighted by molar-refractivity contribution is 7.80. The van der Waals surface area contributed by atoms with Gasteiger partial charge in [-0.15, -0.1) is 0 Å². The lowest BCUT2D eigenvalue weighted by Crippen LogP contribution is -2.25. The van der Waals surface area contributed by atoms with Gasteiger partial charge in [0.1, 0.15) is 5.91 Å². The van der Waals surface area contributed by atoms with E-state index < -0.39 is 0 Å². The second-order valence-electron chi connectivity index (χ2n) is 9.75. The zero-order valence-electron chi connectivity index (χ0n) is 22.2. The molecule has 0 unspecified atom stereocenters. The molecule has 0 saturated carbocycles. The van der Waals surface area contributed by atoms with E-state index in [0.29, 0.717) is 0 Å². The molecular weight excluding hydrogens is 428 g/mol. The zero-order chi connectivity index (χ0) is 23.4. The van der Waals surface area contributed by atoms with E-state index in [2.05, 4.69) is 26.5 Å². The first kappa shape index (κ1) is 32.5. The molecule has 0 aromatic heterocycles. The van der Waals surface area contributed by atoms with Crippen LogP contribution < -0.4 is 0 Å². The molecule has 0 atom stereocenters. The van der Waals surface area contributed by atoms with Crippen LogP contribution in [0.3, 0.4) is 0 Å². The Labute approximate surface area is 211 Å². The third-order valence-corrected chi connectivity index (χ3v) is 8.62. The second-order valence-corrected chi connectivity index (χ2v) is 12.2. The Balaban J connectivity index is 3.59. The van der Waals surface area contributed by atoms with E-state index in [-0.39, 0.29) is 15.4 Å². The Bertz CT molecular complexity index is 305. The number of rotatable bonds is 28. The molecule has 0 aliphatic heterocycles. The minimum Gasteiger partial charge on any atom is -0.357 e. The topological polar surface area (TPSA) is 18.5 Å². The van der Waals surface area contributed by atoms with Crippen LogP contribution in [0, 0.1) is 0 Å². The molecule has 0 radical (unpaired) electrons. The summed E-state index contributed by atoms with van der Waals surface area (Å²) < 4.78 is 12.3. The molecule has 0 spiro atoms. The molecule has 32 heavy (non-hydrogen) atoms. The van der Waals surface area contributed by atoms with Gasteiger partial charge < -0.3 is 9.47 Å². The largest absolute Gasteiger partial charge is 0.357 e. The van der Waals surface area contributed by atoms with Crippen molar-refractivity contribution in [3.63, 3.8) is 0 Å². The van der Waals surface area contributed by atoms with Gasteiger partial charge in [0, 0.05) is 13.2 Å². The van der Waals surface area contributed by atoms with E-state index in [0.717, 1.165) is 19.0 Å². The molecule has 2 nitrogen and oxygen atoms in total. The first-order chi connectivity index (χ1) is 15.8. The van der Waals surface area contributed by atoms with Crippen molar-refractivity contribution in [1.29, 1.82) is 0 Å². The minimum atomic E-state index is -0.295. The van der Waals surface area contributed by atoms with Crippen LogP contribution in [0.2, 0.25) is 6.04 Å². The lowest BCUT2D eigenvalue weighted by atomic mass is 10.1. The molecule has 0 heterocycles. The molecule has 4 heteroatoms. The summed E-state index contributed by atoms with van der Waals surface area (Å²) in [4.78, 5) is 0. The Morgan fingerprint density at radius 1 is 0.500 bits per heavy atom. The molecular formula is C28H60O2SSi. The number of thiol groups is 1. The van der Waals surface area contributed by atoms with Gasteiger partial charge in [0.25, 0.3) is 0 Å². The number of unbranched alkanes of at least 4 members (excludes halogenated alkanes) is 18. The van der Waals surface area contributed by atoms with E-state index >= 15 is 0 Å². The highest BCUT2D eigenvalue weighted by Gasteiger charge is 2.09. The van der Waals surface area contributed by atoms with Gasteiger partial charge in [0.2, 0.25) is 0 Å². The smallest absolute Gasteiger partial charge is 0.134 e. The molecule has 0 bridgehead atoms. The number of ether oxygens (including phenoxy) is 2. The monoisotopic (exact) mass is 488 g/mol. The summed E-state index contributed by atoms with van der Waals surface area (Å²) in [5.74, 6) is 1.14. The molecule has 0 aromatic rings. The van der Waals surface area contributed by atoms with Crippen molar-refractivity contribution in [3.8, 4) is 0 Å². The van der Waals surface area contributed by atoms with Crippen molar-refractivity contribution < 1.29 is 9.47 Å². The number of hydrogen-bond acceptors (Lipinski definition) is 3. The van der Waals surface area contributed by atoms with Crippen LogP contribution in [-0.2, 0) is 9.47 Å². The molecule has 0 aliphatic carbocycles. The fraction of sp³-hybridized carbons (Fsp3) is 1.00. The molecule has 0 aliphatic rings. The second kappa shape index (κ2) is 29.5. The van der Waals surface area contributed by atoms with Crippen LogP contribution in [0.1, 0.15) is 149 Å². The van der Waals surface area contributed by atoms with Crippen LogP contribution in [0.15, 0.2) is 0 Å². The van der Waals surface area contributed by atoms with Gasteiger partial charge >= 0.3 is 0 Å². The Morgan fingerprint density at radius 3 is 1.19 bits per heavy atom. The summed E-state index contributed by atoms with van der Waals surface area (Å²) in [6.07, 6.45) is 28.8.